The van der Waals surface area contributed by atoms with Crippen molar-refractivity contribution >= 4 is 39.6 Å². The molecule has 1 saturated heterocycles. The Labute approximate surface area is 130 Å². The predicted octanol–water partition coefficient (Wildman–Crippen LogP) is 1.86. The second-order valence-electron chi connectivity index (χ2n) is 5.50. The molecule has 1 fully saturated rings. The average Bonchev–Trinajstić information content (AvgIpc) is 2.77. The number of rotatable bonds is 4. The monoisotopic (exact) mass is 334 g/mol. The van der Waals surface area contributed by atoms with E-state index in [9.17, 15) is 9.00 Å². The SMILES string of the molecule is CC1(C)CN(CC(=O)NCc2ccc(Cl)s2)CCS1=O. The fraction of sp³-hybridized carbons (Fsp3) is 0.615. The van der Waals surface area contributed by atoms with Crippen molar-refractivity contribution in [3.05, 3.63) is 21.3 Å². The highest BCUT2D eigenvalue weighted by atomic mass is 35.5. The zero-order valence-electron chi connectivity index (χ0n) is 11.6. The number of carbonyl (C=O) groups excluding carboxylic acids is 1. The molecule has 2 heterocycles. The minimum Gasteiger partial charge on any atom is -0.350 e. The maximum atomic E-state index is 11.9. The van der Waals surface area contributed by atoms with E-state index in [0.29, 0.717) is 31.9 Å². The minimum atomic E-state index is -0.803. The Balaban J connectivity index is 1.78. The van der Waals surface area contributed by atoms with Crippen molar-refractivity contribution in [3.8, 4) is 0 Å². The summed E-state index contributed by atoms with van der Waals surface area (Å²) < 4.78 is 12.3. The molecule has 4 nitrogen and oxygen atoms in total. The topological polar surface area (TPSA) is 49.4 Å². The fourth-order valence-electron chi connectivity index (χ4n) is 2.20. The first-order valence-electron chi connectivity index (χ1n) is 6.48. The molecule has 2 rings (SSSR count). The van der Waals surface area contributed by atoms with E-state index in [-0.39, 0.29) is 10.7 Å². The summed E-state index contributed by atoms with van der Waals surface area (Å²) in [5.41, 5.74) is 0. The molecule has 112 valence electrons. The third-order valence-corrected chi connectivity index (χ3v) is 6.42. The van der Waals surface area contributed by atoms with Gasteiger partial charge in [-0.05, 0) is 26.0 Å². The molecule has 1 N–H and O–H groups in total. The van der Waals surface area contributed by atoms with Crippen molar-refractivity contribution in [1.82, 2.24) is 10.2 Å². The van der Waals surface area contributed by atoms with Gasteiger partial charge in [0, 0.05) is 34.5 Å². The van der Waals surface area contributed by atoms with E-state index in [0.717, 1.165) is 9.21 Å². The van der Waals surface area contributed by atoms with Gasteiger partial charge in [-0.25, -0.2) is 0 Å². The van der Waals surface area contributed by atoms with Crippen molar-refractivity contribution in [2.24, 2.45) is 0 Å². The molecule has 0 aliphatic carbocycles. The van der Waals surface area contributed by atoms with E-state index in [1.54, 1.807) is 0 Å². The minimum absolute atomic E-state index is 0.00185. The van der Waals surface area contributed by atoms with Gasteiger partial charge in [-0.3, -0.25) is 13.9 Å². The summed E-state index contributed by atoms with van der Waals surface area (Å²) in [7, 11) is -0.803. The van der Waals surface area contributed by atoms with Gasteiger partial charge in [0.1, 0.15) is 0 Å². The lowest BCUT2D eigenvalue weighted by molar-refractivity contribution is -0.122. The van der Waals surface area contributed by atoms with Crippen molar-refractivity contribution in [2.45, 2.75) is 25.1 Å². The summed E-state index contributed by atoms with van der Waals surface area (Å²) >= 11 is 7.32. The molecule has 0 saturated carbocycles. The zero-order chi connectivity index (χ0) is 14.8. The van der Waals surface area contributed by atoms with Crippen LogP contribution in [0.2, 0.25) is 4.34 Å². The Hall–Kier alpha value is -0.430. The van der Waals surface area contributed by atoms with E-state index < -0.39 is 10.8 Å². The Morgan fingerprint density at radius 3 is 2.90 bits per heavy atom. The normalized spacial score (nSPS) is 22.6. The lowest BCUT2D eigenvalue weighted by atomic mass is 10.2. The molecule has 1 unspecified atom stereocenters. The number of hydrogen-bond acceptors (Lipinski definition) is 4. The van der Waals surface area contributed by atoms with Gasteiger partial charge in [0.2, 0.25) is 5.91 Å². The highest BCUT2D eigenvalue weighted by molar-refractivity contribution is 7.86. The first-order valence-corrected chi connectivity index (χ1v) is 9.00. The quantitative estimate of drug-likeness (QED) is 0.914. The van der Waals surface area contributed by atoms with Crippen LogP contribution >= 0.6 is 22.9 Å². The molecule has 20 heavy (non-hydrogen) atoms. The Morgan fingerprint density at radius 2 is 2.30 bits per heavy atom. The number of halogens is 1. The third-order valence-electron chi connectivity index (χ3n) is 3.27. The molecule has 1 atom stereocenters. The van der Waals surface area contributed by atoms with Gasteiger partial charge in [0.25, 0.3) is 0 Å². The van der Waals surface area contributed by atoms with Crippen molar-refractivity contribution in [1.29, 1.82) is 0 Å². The molecule has 1 aliphatic heterocycles. The number of carbonyl (C=O) groups is 1. The maximum absolute atomic E-state index is 11.9. The van der Waals surface area contributed by atoms with Crippen molar-refractivity contribution < 1.29 is 9.00 Å². The number of nitrogens with zero attached hydrogens (tertiary/aromatic N) is 1. The average molecular weight is 335 g/mol. The van der Waals surface area contributed by atoms with Crippen LogP contribution < -0.4 is 5.32 Å². The molecule has 0 bridgehead atoms. The standard InChI is InChI=1S/C13H19ClN2O2S2/c1-13(2)9-16(5-6-20(13)18)8-12(17)15-7-10-3-4-11(14)19-10/h3-4H,5-9H2,1-2H3,(H,15,17). The number of nitrogens with one attached hydrogen (secondary N) is 1. The van der Waals surface area contributed by atoms with Crippen LogP contribution in [-0.2, 0) is 22.1 Å². The summed E-state index contributed by atoms with van der Waals surface area (Å²) in [5, 5.41) is 2.89. The van der Waals surface area contributed by atoms with Crippen LogP contribution in [0.15, 0.2) is 12.1 Å². The van der Waals surface area contributed by atoms with Crippen LogP contribution in [0.1, 0.15) is 18.7 Å². The largest absolute Gasteiger partial charge is 0.350 e. The molecule has 1 amide bonds. The summed E-state index contributed by atoms with van der Waals surface area (Å²) in [4.78, 5) is 15.0. The molecule has 0 spiro atoms. The van der Waals surface area contributed by atoms with Crippen LogP contribution in [-0.4, -0.2) is 45.2 Å². The van der Waals surface area contributed by atoms with E-state index in [1.807, 2.05) is 26.0 Å². The van der Waals surface area contributed by atoms with E-state index in [4.69, 9.17) is 11.6 Å². The summed E-state index contributed by atoms with van der Waals surface area (Å²) in [6, 6.07) is 3.75. The van der Waals surface area contributed by atoms with Gasteiger partial charge in [-0.15, -0.1) is 11.3 Å². The van der Waals surface area contributed by atoms with Crippen LogP contribution in [0.3, 0.4) is 0 Å². The zero-order valence-corrected chi connectivity index (χ0v) is 14.0. The Morgan fingerprint density at radius 1 is 1.55 bits per heavy atom. The Kier molecular flexibility index (Phi) is 5.23. The van der Waals surface area contributed by atoms with Gasteiger partial charge in [-0.2, -0.15) is 0 Å². The lowest BCUT2D eigenvalue weighted by Gasteiger charge is -2.36. The van der Waals surface area contributed by atoms with Crippen LogP contribution in [0, 0.1) is 0 Å². The van der Waals surface area contributed by atoms with E-state index >= 15 is 0 Å². The van der Waals surface area contributed by atoms with Gasteiger partial charge in [-0.1, -0.05) is 11.6 Å². The van der Waals surface area contributed by atoms with Gasteiger partial charge < -0.3 is 5.32 Å². The Bertz CT molecular complexity index is 516. The van der Waals surface area contributed by atoms with Gasteiger partial charge >= 0.3 is 0 Å². The van der Waals surface area contributed by atoms with Crippen LogP contribution in [0.5, 0.6) is 0 Å². The molecular formula is C13H19ClN2O2S2. The van der Waals surface area contributed by atoms with Crippen molar-refractivity contribution in [2.75, 3.05) is 25.4 Å². The smallest absolute Gasteiger partial charge is 0.234 e. The fourth-order valence-corrected chi connectivity index (χ4v) is 4.53. The first-order chi connectivity index (χ1) is 9.37. The van der Waals surface area contributed by atoms with E-state index in [2.05, 4.69) is 10.2 Å². The van der Waals surface area contributed by atoms with E-state index in [1.165, 1.54) is 11.3 Å². The first kappa shape index (κ1) is 15.9. The van der Waals surface area contributed by atoms with Crippen LogP contribution in [0.4, 0.5) is 0 Å². The molecule has 1 aliphatic rings. The number of thiophene rings is 1. The molecule has 0 aromatic carbocycles. The second kappa shape index (κ2) is 6.56. The molecule has 0 radical (unpaired) electrons. The molecule has 1 aromatic heterocycles. The summed E-state index contributed by atoms with van der Waals surface area (Å²) in [5.74, 6) is 0.638. The molecule has 1 aromatic rings. The lowest BCUT2D eigenvalue weighted by Crippen LogP contribution is -2.52. The maximum Gasteiger partial charge on any atom is 0.234 e. The highest BCUT2D eigenvalue weighted by Crippen LogP contribution is 2.21. The van der Waals surface area contributed by atoms with Gasteiger partial charge in [0.05, 0.1) is 22.2 Å². The summed E-state index contributed by atoms with van der Waals surface area (Å²) in [6.45, 7) is 6.26. The summed E-state index contributed by atoms with van der Waals surface area (Å²) in [6.07, 6.45) is 0. The number of amides is 1. The highest BCUT2D eigenvalue weighted by Gasteiger charge is 2.33. The third kappa shape index (κ3) is 4.28. The molecular weight excluding hydrogens is 316 g/mol. The molecule has 7 heteroatoms. The number of hydrogen-bond donors (Lipinski definition) is 1. The van der Waals surface area contributed by atoms with Crippen LogP contribution in [0.25, 0.3) is 0 Å². The predicted molar refractivity (Wildman–Crippen MR) is 84.7 cm³/mol. The van der Waals surface area contributed by atoms with Gasteiger partial charge in [0.15, 0.2) is 0 Å². The van der Waals surface area contributed by atoms with Crippen molar-refractivity contribution in [3.63, 3.8) is 0 Å². The second-order valence-corrected chi connectivity index (χ2v) is 9.51.